The van der Waals surface area contributed by atoms with Crippen molar-refractivity contribution in [1.82, 2.24) is 15.3 Å². The van der Waals surface area contributed by atoms with E-state index in [0.717, 1.165) is 0 Å². The highest BCUT2D eigenvalue weighted by Crippen LogP contribution is 2.29. The lowest BCUT2D eigenvalue weighted by Crippen LogP contribution is -2.35. The van der Waals surface area contributed by atoms with Crippen molar-refractivity contribution in [1.29, 1.82) is 0 Å². The standard InChI is InChI=1S/C18H20N4O3/c1-11(2)21-18(23)12-9-19-17-16(12)22(3)15(10-20-17)25-14-8-6-5-7-13(14)24-4/h5-11H,1-4H3,(H,21,23)/p+1. The van der Waals surface area contributed by atoms with Crippen LogP contribution in [0.25, 0.3) is 11.2 Å². The average Bonchev–Trinajstić information content (AvgIpc) is 3.02. The minimum absolute atomic E-state index is 0.0451. The molecule has 25 heavy (non-hydrogen) atoms. The first kappa shape index (κ1) is 16.8. The topological polar surface area (TPSA) is 80.1 Å². The van der Waals surface area contributed by atoms with Crippen molar-refractivity contribution < 1.29 is 18.8 Å². The second kappa shape index (κ2) is 6.80. The number of H-pyrrole nitrogens is 1. The van der Waals surface area contributed by atoms with Crippen LogP contribution in [0.3, 0.4) is 0 Å². The summed E-state index contributed by atoms with van der Waals surface area (Å²) in [6, 6.07) is 7.41. The molecule has 130 valence electrons. The molecule has 2 aromatic heterocycles. The van der Waals surface area contributed by atoms with E-state index in [1.54, 1.807) is 24.1 Å². The smallest absolute Gasteiger partial charge is 0.392 e. The van der Waals surface area contributed by atoms with Gasteiger partial charge in [-0.2, -0.15) is 4.57 Å². The molecule has 7 heteroatoms. The molecule has 1 aromatic carbocycles. The van der Waals surface area contributed by atoms with Gasteiger partial charge in [-0.25, -0.2) is 4.98 Å². The zero-order valence-electron chi connectivity index (χ0n) is 14.7. The number of nitrogens with zero attached hydrogens (tertiary/aromatic N) is 2. The highest BCUT2D eigenvalue weighted by molar-refractivity contribution is 6.03. The van der Waals surface area contributed by atoms with E-state index in [0.29, 0.717) is 34.1 Å². The number of aromatic amines is 1. The molecule has 0 spiro atoms. The molecule has 0 aliphatic rings. The van der Waals surface area contributed by atoms with Crippen molar-refractivity contribution in [3.63, 3.8) is 0 Å². The summed E-state index contributed by atoms with van der Waals surface area (Å²) in [5, 5.41) is 2.89. The van der Waals surface area contributed by atoms with E-state index in [-0.39, 0.29) is 11.9 Å². The number of ether oxygens (including phenoxy) is 2. The number of amides is 1. The van der Waals surface area contributed by atoms with Gasteiger partial charge < -0.3 is 19.8 Å². The summed E-state index contributed by atoms with van der Waals surface area (Å²) in [5.74, 6) is 1.53. The summed E-state index contributed by atoms with van der Waals surface area (Å²) in [6.45, 7) is 3.84. The quantitative estimate of drug-likeness (QED) is 0.698. The van der Waals surface area contributed by atoms with Gasteiger partial charge in [0.15, 0.2) is 11.5 Å². The monoisotopic (exact) mass is 341 g/mol. The van der Waals surface area contributed by atoms with Crippen molar-refractivity contribution in [3.8, 4) is 17.4 Å². The number of methoxy groups -OCH3 is 1. The Morgan fingerprint density at radius 1 is 1.28 bits per heavy atom. The summed E-state index contributed by atoms with van der Waals surface area (Å²) in [7, 11) is 3.42. The van der Waals surface area contributed by atoms with Gasteiger partial charge in [-0.05, 0) is 26.0 Å². The van der Waals surface area contributed by atoms with Crippen LogP contribution in [0.15, 0.2) is 36.7 Å². The number of hydrogen-bond donors (Lipinski definition) is 2. The first-order valence-corrected chi connectivity index (χ1v) is 7.99. The van der Waals surface area contributed by atoms with Crippen LogP contribution in [0.5, 0.6) is 17.4 Å². The third-order valence-corrected chi connectivity index (χ3v) is 3.75. The summed E-state index contributed by atoms with van der Waals surface area (Å²) < 4.78 is 13.1. The van der Waals surface area contributed by atoms with Crippen LogP contribution in [0, 0.1) is 0 Å². The van der Waals surface area contributed by atoms with Crippen LogP contribution in [0.2, 0.25) is 0 Å². The number of aryl methyl sites for hydroxylation is 1. The molecule has 1 amide bonds. The fourth-order valence-corrected chi connectivity index (χ4v) is 2.58. The number of carbonyl (C=O) groups is 1. The summed E-state index contributed by atoms with van der Waals surface area (Å²) in [4.78, 5) is 19.8. The Balaban J connectivity index is 2.03. The maximum Gasteiger partial charge on any atom is 0.392 e. The summed E-state index contributed by atoms with van der Waals surface area (Å²) >= 11 is 0. The number of rotatable bonds is 5. The number of para-hydroxylation sites is 2. The predicted molar refractivity (Wildman–Crippen MR) is 92.9 cm³/mol. The van der Waals surface area contributed by atoms with E-state index in [2.05, 4.69) is 15.3 Å². The minimum Gasteiger partial charge on any atom is -0.493 e. The van der Waals surface area contributed by atoms with E-state index in [4.69, 9.17) is 9.47 Å². The van der Waals surface area contributed by atoms with Crippen LogP contribution in [-0.2, 0) is 7.05 Å². The van der Waals surface area contributed by atoms with Crippen LogP contribution >= 0.6 is 0 Å². The molecule has 0 atom stereocenters. The SMILES string of the molecule is COc1ccccc1Oc1cnc2[nH]cc(C(=O)NC(C)C)c2[n+]1C. The molecule has 0 unspecified atom stereocenters. The number of carbonyl (C=O) groups excluding carboxylic acids is 1. The number of nitrogens with one attached hydrogen (secondary N) is 2. The molecule has 2 N–H and O–H groups in total. The van der Waals surface area contributed by atoms with Crippen molar-refractivity contribution in [2.75, 3.05) is 7.11 Å². The number of benzene rings is 1. The Morgan fingerprint density at radius 2 is 2.00 bits per heavy atom. The first-order chi connectivity index (χ1) is 12.0. The molecule has 2 heterocycles. The van der Waals surface area contributed by atoms with Crippen molar-refractivity contribution in [2.45, 2.75) is 19.9 Å². The fourth-order valence-electron chi connectivity index (χ4n) is 2.58. The molecule has 3 rings (SSSR count). The molecule has 0 saturated heterocycles. The molecule has 3 aromatic rings. The second-order valence-corrected chi connectivity index (χ2v) is 5.94. The largest absolute Gasteiger partial charge is 0.493 e. The molecule has 0 aliphatic carbocycles. The molecule has 0 fully saturated rings. The zero-order valence-corrected chi connectivity index (χ0v) is 14.7. The van der Waals surface area contributed by atoms with E-state index in [9.17, 15) is 4.79 Å². The Kier molecular flexibility index (Phi) is 4.56. The minimum atomic E-state index is -0.159. The number of fused-ring (bicyclic) bond motifs is 1. The molecular weight excluding hydrogens is 320 g/mol. The van der Waals surface area contributed by atoms with Crippen LogP contribution in [0.4, 0.5) is 0 Å². The van der Waals surface area contributed by atoms with Gasteiger partial charge in [0.2, 0.25) is 5.65 Å². The van der Waals surface area contributed by atoms with Gasteiger partial charge in [0, 0.05) is 12.2 Å². The summed E-state index contributed by atoms with van der Waals surface area (Å²) in [6.07, 6.45) is 3.26. The van der Waals surface area contributed by atoms with E-state index < -0.39 is 0 Å². The zero-order chi connectivity index (χ0) is 18.0. The van der Waals surface area contributed by atoms with E-state index in [1.807, 2.05) is 45.2 Å². The Hall–Kier alpha value is -3.09. The maximum absolute atomic E-state index is 12.4. The Bertz CT molecular complexity index is 918. The van der Waals surface area contributed by atoms with Crippen LogP contribution < -0.4 is 19.4 Å². The number of aromatic nitrogens is 3. The second-order valence-electron chi connectivity index (χ2n) is 5.94. The van der Waals surface area contributed by atoms with Gasteiger partial charge in [-0.1, -0.05) is 12.1 Å². The molecule has 0 aliphatic heterocycles. The average molecular weight is 341 g/mol. The molecule has 0 saturated carbocycles. The first-order valence-electron chi connectivity index (χ1n) is 7.99. The lowest BCUT2D eigenvalue weighted by molar-refractivity contribution is -0.650. The van der Waals surface area contributed by atoms with Crippen LogP contribution in [-0.4, -0.2) is 29.0 Å². The molecule has 0 radical (unpaired) electrons. The Labute approximate surface area is 145 Å². The Morgan fingerprint density at radius 3 is 2.68 bits per heavy atom. The highest BCUT2D eigenvalue weighted by atomic mass is 16.5. The third-order valence-electron chi connectivity index (χ3n) is 3.75. The summed E-state index contributed by atoms with van der Waals surface area (Å²) in [5.41, 5.74) is 1.80. The van der Waals surface area contributed by atoms with E-state index >= 15 is 0 Å². The fraction of sp³-hybridized carbons (Fsp3) is 0.278. The third kappa shape index (κ3) is 3.26. The van der Waals surface area contributed by atoms with Gasteiger partial charge >= 0.3 is 5.88 Å². The molecule has 0 bridgehead atoms. The predicted octanol–water partition coefficient (Wildman–Crippen LogP) is 2.33. The normalized spacial score (nSPS) is 10.9. The van der Waals surface area contributed by atoms with Gasteiger partial charge in [-0.15, -0.1) is 0 Å². The van der Waals surface area contributed by atoms with Gasteiger partial charge in [0.25, 0.3) is 11.4 Å². The van der Waals surface area contributed by atoms with Crippen LogP contribution in [0.1, 0.15) is 24.2 Å². The lowest BCUT2D eigenvalue weighted by Gasteiger charge is -2.09. The van der Waals surface area contributed by atoms with Gasteiger partial charge in [0.05, 0.1) is 7.11 Å². The van der Waals surface area contributed by atoms with Gasteiger partial charge in [-0.3, -0.25) is 4.79 Å². The molecule has 7 nitrogen and oxygen atoms in total. The maximum atomic E-state index is 12.4. The van der Waals surface area contributed by atoms with E-state index in [1.165, 1.54) is 0 Å². The van der Waals surface area contributed by atoms with Crippen molar-refractivity contribution in [2.24, 2.45) is 7.05 Å². The van der Waals surface area contributed by atoms with Crippen molar-refractivity contribution in [3.05, 3.63) is 42.2 Å². The molecular formula is C18H21N4O3+. The highest BCUT2D eigenvalue weighted by Gasteiger charge is 2.25. The number of hydrogen-bond acceptors (Lipinski definition) is 4. The van der Waals surface area contributed by atoms with Crippen molar-refractivity contribution >= 4 is 17.1 Å². The van der Waals surface area contributed by atoms with Gasteiger partial charge in [0.1, 0.15) is 18.8 Å². The lowest BCUT2D eigenvalue weighted by atomic mass is 10.2.